The first-order chi connectivity index (χ1) is 23.3. The molecule has 0 spiro atoms. The van der Waals surface area contributed by atoms with Gasteiger partial charge in [-0.25, -0.2) is 9.97 Å². The van der Waals surface area contributed by atoms with Crippen LogP contribution in [0.5, 0.6) is 11.5 Å². The van der Waals surface area contributed by atoms with Crippen LogP contribution in [0.2, 0.25) is 0 Å². The summed E-state index contributed by atoms with van der Waals surface area (Å²) in [7, 11) is 0. The van der Waals surface area contributed by atoms with E-state index >= 15 is 0 Å². The molecule has 0 unspecified atom stereocenters. The Hall–Kier alpha value is -5.98. The summed E-state index contributed by atoms with van der Waals surface area (Å²) in [5.74, 6) is 1.09. The van der Waals surface area contributed by atoms with E-state index in [0.717, 1.165) is 77.6 Å². The molecule has 0 radical (unpaired) electrons. The standard InChI is InChI=1S/C39H21N7O.Pt/c1-3-7-24(8-4-1)33-16-15-30-28-13-11-26(21-31(28)37-43-23-34(46(37)38(30)44-33)25-9-5-2-6-10-25)47-27-12-14-29-32(22-27)36-42-19-20-45(36)39-35(29)40-17-18-41-39;/h1-20,23H;/q-2;+2. The number of ether oxygens (including phenoxy) is 1. The molecule has 0 atom stereocenters. The minimum atomic E-state index is 0. The SMILES string of the molecule is [Pt+2].[c-]1c(Oc2[c-]c3c(cc2)c2ccc(-c4ccccc4)nc2n2c(-c4ccccc4)cnc32)ccc2c1c1nccn1c1nccnc21. The number of aromatic nitrogens is 7. The van der Waals surface area contributed by atoms with Crippen LogP contribution in [0.3, 0.4) is 0 Å². The van der Waals surface area contributed by atoms with Crippen molar-refractivity contribution in [3.05, 3.63) is 140 Å². The van der Waals surface area contributed by atoms with E-state index in [9.17, 15) is 0 Å². The zero-order valence-electron chi connectivity index (χ0n) is 25.0. The third kappa shape index (κ3) is 4.30. The van der Waals surface area contributed by atoms with Gasteiger partial charge in [0.05, 0.1) is 28.2 Å². The largest absolute Gasteiger partial charge is 2.00 e. The van der Waals surface area contributed by atoms with Crippen LogP contribution in [0.4, 0.5) is 0 Å². The van der Waals surface area contributed by atoms with Crippen LogP contribution >= 0.6 is 0 Å². The predicted molar refractivity (Wildman–Crippen MR) is 182 cm³/mol. The second kappa shape index (κ2) is 11.1. The Morgan fingerprint density at radius 3 is 2.00 bits per heavy atom. The topological polar surface area (TPSA) is 82.5 Å². The molecule has 10 rings (SSSR count). The van der Waals surface area contributed by atoms with Gasteiger partial charge in [-0.15, -0.1) is 12.1 Å². The molecule has 0 bridgehead atoms. The fourth-order valence-corrected chi connectivity index (χ4v) is 6.47. The van der Waals surface area contributed by atoms with Crippen LogP contribution in [-0.4, -0.2) is 33.7 Å². The molecule has 48 heavy (non-hydrogen) atoms. The molecular weight excluding hydrogens is 778 g/mol. The summed E-state index contributed by atoms with van der Waals surface area (Å²) in [6.45, 7) is 0. The summed E-state index contributed by atoms with van der Waals surface area (Å²) < 4.78 is 10.5. The monoisotopic (exact) mass is 798 g/mol. The minimum absolute atomic E-state index is 0. The summed E-state index contributed by atoms with van der Waals surface area (Å²) in [6, 6.07) is 39.5. The number of benzene rings is 4. The van der Waals surface area contributed by atoms with E-state index in [0.29, 0.717) is 11.5 Å². The average molecular weight is 799 g/mol. The van der Waals surface area contributed by atoms with Crippen molar-refractivity contribution < 1.29 is 25.8 Å². The van der Waals surface area contributed by atoms with Gasteiger partial charge in [0.2, 0.25) is 0 Å². The molecule has 6 heterocycles. The smallest absolute Gasteiger partial charge is 0.497 e. The first kappa shape index (κ1) is 28.3. The van der Waals surface area contributed by atoms with Crippen LogP contribution in [0.15, 0.2) is 128 Å². The summed E-state index contributed by atoms with van der Waals surface area (Å²) in [5.41, 5.74) is 7.79. The maximum Gasteiger partial charge on any atom is 2.00 e. The van der Waals surface area contributed by atoms with Gasteiger partial charge in [0, 0.05) is 48.0 Å². The molecule has 0 fully saturated rings. The van der Waals surface area contributed by atoms with E-state index in [4.69, 9.17) is 14.7 Å². The fourth-order valence-electron chi connectivity index (χ4n) is 6.47. The molecule has 0 saturated carbocycles. The van der Waals surface area contributed by atoms with Gasteiger partial charge in [0.25, 0.3) is 0 Å². The molecule has 9 heteroatoms. The number of pyridine rings is 3. The molecule has 0 aliphatic carbocycles. The first-order valence-corrected chi connectivity index (χ1v) is 15.2. The summed E-state index contributed by atoms with van der Waals surface area (Å²) in [5, 5.41) is 4.53. The van der Waals surface area contributed by atoms with Crippen LogP contribution in [0.1, 0.15) is 0 Å². The van der Waals surface area contributed by atoms with Crippen molar-refractivity contribution in [3.63, 3.8) is 0 Å². The van der Waals surface area contributed by atoms with Gasteiger partial charge in [-0.3, -0.25) is 15.0 Å². The Labute approximate surface area is 287 Å². The summed E-state index contributed by atoms with van der Waals surface area (Å²) in [4.78, 5) is 23.8. The zero-order valence-corrected chi connectivity index (χ0v) is 27.3. The van der Waals surface area contributed by atoms with Crippen molar-refractivity contribution in [1.82, 2.24) is 33.7 Å². The van der Waals surface area contributed by atoms with E-state index in [-0.39, 0.29) is 21.1 Å². The van der Waals surface area contributed by atoms with E-state index in [1.807, 2.05) is 71.4 Å². The van der Waals surface area contributed by atoms with Crippen molar-refractivity contribution in [2.75, 3.05) is 0 Å². The number of rotatable bonds is 4. The number of hydrogen-bond acceptors (Lipinski definition) is 6. The molecule has 4 aromatic carbocycles. The molecule has 6 aromatic heterocycles. The molecular formula is C39H21N7OPt. The Kier molecular flexibility index (Phi) is 6.52. The Bertz CT molecular complexity index is 2830. The molecule has 10 aromatic rings. The molecule has 0 aliphatic rings. The van der Waals surface area contributed by atoms with Crippen LogP contribution in [0, 0.1) is 12.1 Å². The maximum atomic E-state index is 6.42. The second-order valence-corrected chi connectivity index (χ2v) is 11.3. The van der Waals surface area contributed by atoms with Crippen LogP contribution in [0.25, 0.3) is 77.6 Å². The van der Waals surface area contributed by atoms with Gasteiger partial charge in [-0.05, 0) is 17.0 Å². The molecule has 0 amide bonds. The van der Waals surface area contributed by atoms with Gasteiger partial charge < -0.3 is 13.5 Å². The van der Waals surface area contributed by atoms with Crippen LogP contribution in [-0.2, 0) is 21.1 Å². The third-order valence-corrected chi connectivity index (χ3v) is 8.59. The summed E-state index contributed by atoms with van der Waals surface area (Å²) in [6.07, 6.45) is 8.92. The molecule has 0 aliphatic heterocycles. The normalized spacial score (nSPS) is 11.6. The molecule has 228 valence electrons. The van der Waals surface area contributed by atoms with Crippen LogP contribution < -0.4 is 4.74 Å². The Morgan fingerprint density at radius 1 is 0.542 bits per heavy atom. The Morgan fingerprint density at radius 2 is 1.21 bits per heavy atom. The number of fused-ring (bicyclic) bond motifs is 12. The minimum Gasteiger partial charge on any atom is -0.497 e. The van der Waals surface area contributed by atoms with E-state index in [2.05, 4.69) is 73.9 Å². The van der Waals surface area contributed by atoms with Crippen molar-refractivity contribution in [2.45, 2.75) is 0 Å². The van der Waals surface area contributed by atoms with Crippen molar-refractivity contribution in [2.24, 2.45) is 0 Å². The maximum absolute atomic E-state index is 6.42. The number of nitrogens with zero attached hydrogens (tertiary/aromatic N) is 7. The predicted octanol–water partition coefficient (Wildman–Crippen LogP) is 8.50. The molecule has 0 saturated heterocycles. The van der Waals surface area contributed by atoms with E-state index in [1.54, 1.807) is 18.6 Å². The van der Waals surface area contributed by atoms with Gasteiger partial charge >= 0.3 is 21.1 Å². The van der Waals surface area contributed by atoms with Gasteiger partial charge in [-0.1, -0.05) is 113 Å². The zero-order chi connectivity index (χ0) is 30.9. The third-order valence-electron chi connectivity index (χ3n) is 8.59. The van der Waals surface area contributed by atoms with Gasteiger partial charge in [0.1, 0.15) is 11.3 Å². The molecule has 8 nitrogen and oxygen atoms in total. The molecule has 0 N–H and O–H groups in total. The average Bonchev–Trinajstić information content (AvgIpc) is 3.82. The van der Waals surface area contributed by atoms with Gasteiger partial charge in [-0.2, -0.15) is 0 Å². The number of imidazole rings is 2. The fraction of sp³-hybridized carbons (Fsp3) is 0. The Balaban J connectivity index is 0.00000314. The van der Waals surface area contributed by atoms with Crippen molar-refractivity contribution in [1.29, 1.82) is 0 Å². The van der Waals surface area contributed by atoms with Crippen molar-refractivity contribution >= 4 is 55.0 Å². The van der Waals surface area contributed by atoms with Crippen molar-refractivity contribution in [3.8, 4) is 34.0 Å². The van der Waals surface area contributed by atoms with E-state index in [1.165, 1.54) is 0 Å². The number of hydrogen-bond donors (Lipinski definition) is 0. The quantitative estimate of drug-likeness (QED) is 0.131. The second-order valence-electron chi connectivity index (χ2n) is 11.3. The first-order valence-electron chi connectivity index (χ1n) is 15.2. The van der Waals surface area contributed by atoms with E-state index < -0.39 is 0 Å². The summed E-state index contributed by atoms with van der Waals surface area (Å²) >= 11 is 0. The van der Waals surface area contributed by atoms with Gasteiger partial charge in [0.15, 0.2) is 0 Å².